The van der Waals surface area contributed by atoms with Crippen LogP contribution in [0.15, 0.2) is 60.7 Å². The molecule has 0 spiro atoms. The Morgan fingerprint density at radius 2 is 0.848 bits per heavy atom. The van der Waals surface area contributed by atoms with Crippen molar-refractivity contribution in [2.45, 2.75) is 77.4 Å². The molecule has 2 aromatic carbocycles. The lowest BCUT2D eigenvalue weighted by atomic mass is 9.87. The zero-order valence-electron chi connectivity index (χ0n) is 25.8. The summed E-state index contributed by atoms with van der Waals surface area (Å²) >= 11 is 0. The van der Waals surface area contributed by atoms with Crippen LogP contribution in [0.2, 0.25) is 0 Å². The van der Waals surface area contributed by atoms with Crippen molar-refractivity contribution in [3.8, 4) is 0 Å². The van der Waals surface area contributed by atoms with Crippen LogP contribution in [0.25, 0.3) is 0 Å². The van der Waals surface area contributed by atoms with Crippen LogP contribution in [0.3, 0.4) is 0 Å². The van der Waals surface area contributed by atoms with Gasteiger partial charge in [-0.25, -0.2) is 0 Å². The van der Waals surface area contributed by atoms with E-state index < -0.39 is 48.6 Å². The molecule has 0 bridgehead atoms. The molecule has 0 radical (unpaired) electrons. The molecule has 0 amide bonds. The second-order valence-corrected chi connectivity index (χ2v) is 10.7. The SMILES string of the molecule is O=C(CCCCCOC(=O)CC(C(=O)O)C(CC(=O)OCCCCCC(=O)OCc1ccccc1)C(=O)O)OCc1ccccc1. The Hall–Kier alpha value is -4.74. The van der Waals surface area contributed by atoms with Gasteiger partial charge >= 0.3 is 35.8 Å². The predicted molar refractivity (Wildman–Crippen MR) is 163 cm³/mol. The molecule has 0 aliphatic carbocycles. The van der Waals surface area contributed by atoms with Gasteiger partial charge in [0.2, 0.25) is 0 Å². The van der Waals surface area contributed by atoms with Gasteiger partial charge in [0.1, 0.15) is 13.2 Å². The van der Waals surface area contributed by atoms with Gasteiger partial charge in [0, 0.05) is 12.8 Å². The molecule has 0 aliphatic rings. The first-order chi connectivity index (χ1) is 22.2. The van der Waals surface area contributed by atoms with Gasteiger partial charge < -0.3 is 29.2 Å². The summed E-state index contributed by atoms with van der Waals surface area (Å²) in [6.07, 6.45) is 1.89. The highest BCUT2D eigenvalue weighted by molar-refractivity contribution is 5.87. The first-order valence-electron chi connectivity index (χ1n) is 15.3. The molecule has 2 unspecified atom stereocenters. The summed E-state index contributed by atoms with van der Waals surface area (Å²) in [4.78, 5) is 71.8. The van der Waals surface area contributed by atoms with Crippen LogP contribution in [0.5, 0.6) is 0 Å². The minimum atomic E-state index is -1.70. The van der Waals surface area contributed by atoms with E-state index in [1.807, 2.05) is 60.7 Å². The van der Waals surface area contributed by atoms with Crippen LogP contribution >= 0.6 is 0 Å². The normalized spacial score (nSPS) is 11.9. The van der Waals surface area contributed by atoms with Gasteiger partial charge in [0.05, 0.1) is 37.9 Å². The summed E-state index contributed by atoms with van der Waals surface area (Å²) < 4.78 is 20.5. The van der Waals surface area contributed by atoms with Crippen LogP contribution in [-0.4, -0.2) is 59.2 Å². The van der Waals surface area contributed by atoms with E-state index in [0.717, 1.165) is 11.1 Å². The Balaban J connectivity index is 1.60. The topological polar surface area (TPSA) is 180 Å². The second kappa shape index (κ2) is 21.9. The number of hydrogen-bond donors (Lipinski definition) is 2. The number of rotatable bonds is 23. The summed E-state index contributed by atoms with van der Waals surface area (Å²) in [5.41, 5.74) is 1.76. The molecule has 0 saturated carbocycles. The van der Waals surface area contributed by atoms with Gasteiger partial charge in [0.15, 0.2) is 0 Å². The van der Waals surface area contributed by atoms with E-state index >= 15 is 0 Å². The van der Waals surface area contributed by atoms with Crippen molar-refractivity contribution in [1.29, 1.82) is 0 Å². The Morgan fingerprint density at radius 3 is 1.20 bits per heavy atom. The average molecular weight is 643 g/mol. The number of benzene rings is 2. The third-order valence-corrected chi connectivity index (χ3v) is 6.96. The summed E-state index contributed by atoms with van der Waals surface area (Å²) in [6.45, 7) is 0.308. The van der Waals surface area contributed by atoms with Crippen LogP contribution in [0.1, 0.15) is 75.3 Å². The second-order valence-electron chi connectivity index (χ2n) is 10.7. The van der Waals surface area contributed by atoms with Gasteiger partial charge in [-0.1, -0.05) is 60.7 Å². The molecule has 12 nitrogen and oxygen atoms in total. The molecule has 2 aromatic rings. The summed E-state index contributed by atoms with van der Waals surface area (Å²) in [5, 5.41) is 19.2. The molecular formula is C34H42O12. The van der Waals surface area contributed by atoms with E-state index in [4.69, 9.17) is 18.9 Å². The first kappa shape index (κ1) is 37.4. The molecule has 0 aliphatic heterocycles. The molecule has 0 aromatic heterocycles. The monoisotopic (exact) mass is 642 g/mol. The first-order valence-corrected chi connectivity index (χ1v) is 15.3. The lowest BCUT2D eigenvalue weighted by molar-refractivity contribution is -0.162. The van der Waals surface area contributed by atoms with Gasteiger partial charge in [0.25, 0.3) is 0 Å². The fourth-order valence-corrected chi connectivity index (χ4v) is 4.37. The average Bonchev–Trinajstić information content (AvgIpc) is 3.04. The maximum atomic E-state index is 12.3. The third-order valence-electron chi connectivity index (χ3n) is 6.96. The van der Waals surface area contributed by atoms with Gasteiger partial charge in [-0.15, -0.1) is 0 Å². The van der Waals surface area contributed by atoms with E-state index in [2.05, 4.69) is 0 Å². The maximum Gasteiger partial charge on any atom is 0.307 e. The van der Waals surface area contributed by atoms with Crippen LogP contribution in [0, 0.1) is 11.8 Å². The molecular weight excluding hydrogens is 600 g/mol. The molecule has 250 valence electrons. The van der Waals surface area contributed by atoms with E-state index in [9.17, 15) is 39.0 Å². The molecule has 0 fully saturated rings. The minimum absolute atomic E-state index is 0.0330. The van der Waals surface area contributed by atoms with E-state index in [1.165, 1.54) is 0 Å². The molecule has 0 saturated heterocycles. The lowest BCUT2D eigenvalue weighted by Gasteiger charge is -2.19. The highest BCUT2D eigenvalue weighted by Crippen LogP contribution is 2.22. The molecule has 12 heteroatoms. The zero-order valence-corrected chi connectivity index (χ0v) is 25.8. The highest BCUT2D eigenvalue weighted by Gasteiger charge is 2.38. The molecule has 46 heavy (non-hydrogen) atoms. The predicted octanol–water partition coefficient (Wildman–Crippen LogP) is 4.86. The van der Waals surface area contributed by atoms with Crippen molar-refractivity contribution in [2.24, 2.45) is 11.8 Å². The van der Waals surface area contributed by atoms with Crippen molar-refractivity contribution < 1.29 is 57.9 Å². The van der Waals surface area contributed by atoms with Crippen LogP contribution in [0.4, 0.5) is 0 Å². The minimum Gasteiger partial charge on any atom is -0.481 e. The highest BCUT2D eigenvalue weighted by atomic mass is 16.5. The Morgan fingerprint density at radius 1 is 0.478 bits per heavy atom. The van der Waals surface area contributed by atoms with Crippen molar-refractivity contribution >= 4 is 35.8 Å². The van der Waals surface area contributed by atoms with Gasteiger partial charge in [-0.3, -0.25) is 28.8 Å². The fourth-order valence-electron chi connectivity index (χ4n) is 4.37. The Bertz CT molecular complexity index is 1150. The van der Waals surface area contributed by atoms with Crippen molar-refractivity contribution in [3.63, 3.8) is 0 Å². The number of unbranched alkanes of at least 4 members (excludes halogenated alkanes) is 4. The fraction of sp³-hybridized carbons (Fsp3) is 0.471. The number of carboxylic acid groups (broad SMARTS) is 2. The number of carbonyl (C=O) groups excluding carboxylic acids is 4. The molecule has 2 rings (SSSR count). The van der Waals surface area contributed by atoms with Crippen molar-refractivity contribution in [1.82, 2.24) is 0 Å². The number of hydrogen-bond acceptors (Lipinski definition) is 10. The van der Waals surface area contributed by atoms with E-state index in [1.54, 1.807) is 0 Å². The number of carbonyl (C=O) groups is 6. The van der Waals surface area contributed by atoms with Crippen LogP contribution < -0.4 is 0 Å². The van der Waals surface area contributed by atoms with E-state index in [-0.39, 0.29) is 51.2 Å². The largest absolute Gasteiger partial charge is 0.481 e. The molecule has 2 atom stereocenters. The number of aliphatic carboxylic acids is 2. The number of carboxylic acids is 2. The number of esters is 4. The summed E-state index contributed by atoms with van der Waals surface area (Å²) in [7, 11) is 0. The van der Waals surface area contributed by atoms with Crippen molar-refractivity contribution in [3.05, 3.63) is 71.8 Å². The van der Waals surface area contributed by atoms with Gasteiger partial charge in [-0.05, 0) is 49.7 Å². The smallest absolute Gasteiger partial charge is 0.307 e. The third kappa shape index (κ3) is 16.4. The van der Waals surface area contributed by atoms with Gasteiger partial charge in [-0.2, -0.15) is 0 Å². The lowest BCUT2D eigenvalue weighted by Crippen LogP contribution is -2.34. The number of ether oxygens (including phenoxy) is 4. The summed E-state index contributed by atoms with van der Waals surface area (Å²) in [5.74, 6) is -9.00. The summed E-state index contributed by atoms with van der Waals surface area (Å²) in [6, 6.07) is 18.5. The zero-order chi connectivity index (χ0) is 33.6. The van der Waals surface area contributed by atoms with E-state index in [0.29, 0.717) is 38.5 Å². The standard InChI is InChI=1S/C34H42O12/c35-29(45-23-25-13-5-1-6-14-25)17-9-3-11-19-43-31(37)21-27(33(39)40)28(34(41)42)22-32(38)44-20-12-4-10-18-30(36)46-24-26-15-7-2-8-16-26/h1-2,5-8,13-16,27-28H,3-4,9-12,17-24H2,(H,39,40)(H,41,42). The Kier molecular flexibility index (Phi) is 17.8. The van der Waals surface area contributed by atoms with Crippen molar-refractivity contribution in [2.75, 3.05) is 13.2 Å². The Labute approximate surface area is 268 Å². The molecule has 2 N–H and O–H groups in total. The van der Waals surface area contributed by atoms with Crippen LogP contribution in [-0.2, 0) is 60.9 Å². The quantitative estimate of drug-likeness (QED) is 0.0956. The molecule has 0 heterocycles. The maximum absolute atomic E-state index is 12.3.